The molecule has 2 saturated heterocycles. The smallest absolute Gasteiger partial charge is 0.136 e. The van der Waals surface area contributed by atoms with Crippen molar-refractivity contribution < 1.29 is 14.3 Å². The van der Waals surface area contributed by atoms with Gasteiger partial charge in [-0.1, -0.05) is 18.6 Å². The average molecular weight is 250 g/mol. The van der Waals surface area contributed by atoms with E-state index in [0.717, 1.165) is 19.4 Å². The van der Waals surface area contributed by atoms with Gasteiger partial charge in [-0.3, -0.25) is 4.79 Å². The van der Waals surface area contributed by atoms with Gasteiger partial charge in [0.15, 0.2) is 0 Å². The van der Waals surface area contributed by atoms with Crippen LogP contribution in [0, 0.1) is 11.8 Å². The van der Waals surface area contributed by atoms with Crippen molar-refractivity contribution in [3.05, 3.63) is 11.6 Å². The third-order valence-corrected chi connectivity index (χ3v) is 4.59. The molecule has 1 spiro atoms. The van der Waals surface area contributed by atoms with Crippen LogP contribution in [-0.4, -0.2) is 30.2 Å². The summed E-state index contributed by atoms with van der Waals surface area (Å²) in [7, 11) is 0. The zero-order valence-corrected chi connectivity index (χ0v) is 11.4. The van der Waals surface area contributed by atoms with E-state index in [2.05, 4.69) is 19.9 Å². The van der Waals surface area contributed by atoms with Crippen LogP contribution in [0.15, 0.2) is 11.6 Å². The Morgan fingerprint density at radius 1 is 1.50 bits per heavy atom. The van der Waals surface area contributed by atoms with Gasteiger partial charge < -0.3 is 9.47 Å². The molecule has 1 aliphatic carbocycles. The molecule has 1 saturated carbocycles. The van der Waals surface area contributed by atoms with Crippen molar-refractivity contribution in [3.8, 4) is 0 Å². The molecule has 3 aliphatic rings. The second kappa shape index (κ2) is 4.17. The van der Waals surface area contributed by atoms with Crippen LogP contribution in [0.1, 0.15) is 40.0 Å². The van der Waals surface area contributed by atoms with Gasteiger partial charge in [0.1, 0.15) is 5.78 Å². The molecule has 0 amide bonds. The molecule has 3 nitrogen and oxygen atoms in total. The summed E-state index contributed by atoms with van der Waals surface area (Å²) < 4.78 is 11.5. The first-order valence-electron chi connectivity index (χ1n) is 6.97. The summed E-state index contributed by atoms with van der Waals surface area (Å²) in [6.45, 7) is 7.06. The number of Topliss-reactive ketones (excluding diaryl/α,β-unsaturated/α-hetero) is 1. The third kappa shape index (κ3) is 2.14. The molecule has 3 fully saturated rings. The number of ether oxygens (including phenoxy) is 2. The van der Waals surface area contributed by atoms with E-state index < -0.39 is 0 Å². The van der Waals surface area contributed by atoms with Gasteiger partial charge in [-0.25, -0.2) is 0 Å². The normalized spacial score (nSPS) is 46.1. The predicted octanol–water partition coefficient (Wildman–Crippen LogP) is 2.49. The van der Waals surface area contributed by atoms with E-state index in [-0.39, 0.29) is 17.6 Å². The minimum atomic E-state index is -0.0162. The van der Waals surface area contributed by atoms with Crippen LogP contribution < -0.4 is 0 Å². The van der Waals surface area contributed by atoms with E-state index >= 15 is 0 Å². The highest BCUT2D eigenvalue weighted by Crippen LogP contribution is 2.53. The monoisotopic (exact) mass is 250 g/mol. The van der Waals surface area contributed by atoms with E-state index in [9.17, 15) is 4.79 Å². The summed E-state index contributed by atoms with van der Waals surface area (Å²) in [6.07, 6.45) is 5.30. The van der Waals surface area contributed by atoms with Gasteiger partial charge in [0.05, 0.1) is 24.4 Å². The fourth-order valence-corrected chi connectivity index (χ4v) is 3.28. The molecule has 0 N–H and O–H groups in total. The molecule has 0 aromatic heterocycles. The van der Waals surface area contributed by atoms with Crippen LogP contribution in [0.3, 0.4) is 0 Å². The number of carbonyl (C=O) groups excluding carboxylic acids is 1. The van der Waals surface area contributed by atoms with Crippen molar-refractivity contribution in [2.24, 2.45) is 11.8 Å². The molecule has 0 bridgehead atoms. The highest BCUT2D eigenvalue weighted by atomic mass is 16.6. The van der Waals surface area contributed by atoms with E-state index in [4.69, 9.17) is 9.47 Å². The summed E-state index contributed by atoms with van der Waals surface area (Å²) in [4.78, 5) is 11.9. The minimum absolute atomic E-state index is 0.0162. The molecule has 2 heterocycles. The van der Waals surface area contributed by atoms with Gasteiger partial charge in [-0.05, 0) is 26.7 Å². The molecular formula is C15H22O3. The molecule has 0 aromatic rings. The van der Waals surface area contributed by atoms with Crippen molar-refractivity contribution in [2.45, 2.75) is 57.8 Å². The Morgan fingerprint density at radius 3 is 2.83 bits per heavy atom. The van der Waals surface area contributed by atoms with Crippen LogP contribution in [-0.2, 0) is 14.3 Å². The molecule has 0 radical (unpaired) electrons. The third-order valence-electron chi connectivity index (χ3n) is 4.59. The number of rotatable bonds is 3. The second-order valence-corrected chi connectivity index (χ2v) is 6.39. The SMILES string of the molecule is CC(C)=CCC1OC1C1CC(=O)C(C)CC12CO2. The van der Waals surface area contributed by atoms with Gasteiger partial charge in [0.25, 0.3) is 0 Å². The number of hydrogen-bond donors (Lipinski definition) is 0. The van der Waals surface area contributed by atoms with Crippen LogP contribution >= 0.6 is 0 Å². The quantitative estimate of drug-likeness (QED) is 0.571. The Morgan fingerprint density at radius 2 is 2.22 bits per heavy atom. The Kier molecular flexibility index (Phi) is 2.87. The molecule has 18 heavy (non-hydrogen) atoms. The first kappa shape index (κ1) is 12.4. The first-order valence-corrected chi connectivity index (χ1v) is 6.97. The Balaban J connectivity index is 1.63. The maximum Gasteiger partial charge on any atom is 0.136 e. The molecule has 100 valence electrons. The Bertz CT molecular complexity index is 391. The standard InChI is InChI=1S/C15H22O3/c1-9(2)4-5-13-14(18-13)11-6-12(16)10(3)7-15(11)8-17-15/h4,10-11,13-14H,5-8H2,1-3H3. The number of allylic oxidation sites excluding steroid dienone is 1. The fourth-order valence-electron chi connectivity index (χ4n) is 3.28. The molecule has 2 aliphatic heterocycles. The van der Waals surface area contributed by atoms with E-state index in [0.29, 0.717) is 24.2 Å². The Labute approximate surface area is 109 Å². The Hall–Kier alpha value is -0.670. The molecule has 3 rings (SSSR count). The van der Waals surface area contributed by atoms with E-state index in [1.165, 1.54) is 5.57 Å². The lowest BCUT2D eigenvalue weighted by atomic mass is 9.72. The minimum Gasteiger partial charge on any atom is -0.369 e. The lowest BCUT2D eigenvalue weighted by molar-refractivity contribution is -0.128. The highest BCUT2D eigenvalue weighted by Gasteiger charge is 2.63. The van der Waals surface area contributed by atoms with Crippen LogP contribution in [0.5, 0.6) is 0 Å². The van der Waals surface area contributed by atoms with Gasteiger partial charge in [0, 0.05) is 18.3 Å². The maximum absolute atomic E-state index is 11.9. The van der Waals surface area contributed by atoms with Crippen molar-refractivity contribution in [1.82, 2.24) is 0 Å². The van der Waals surface area contributed by atoms with Crippen LogP contribution in [0.2, 0.25) is 0 Å². The highest BCUT2D eigenvalue weighted by molar-refractivity contribution is 5.82. The summed E-state index contributed by atoms with van der Waals surface area (Å²) >= 11 is 0. The number of epoxide rings is 2. The van der Waals surface area contributed by atoms with Crippen LogP contribution in [0.4, 0.5) is 0 Å². The van der Waals surface area contributed by atoms with Crippen molar-refractivity contribution in [2.75, 3.05) is 6.61 Å². The predicted molar refractivity (Wildman–Crippen MR) is 68.3 cm³/mol. The molecule has 3 heteroatoms. The zero-order valence-electron chi connectivity index (χ0n) is 11.4. The zero-order chi connectivity index (χ0) is 12.9. The summed E-state index contributed by atoms with van der Waals surface area (Å²) in [5, 5.41) is 0. The topological polar surface area (TPSA) is 42.1 Å². The summed E-state index contributed by atoms with van der Waals surface area (Å²) in [6, 6.07) is 0. The first-order chi connectivity index (χ1) is 8.52. The number of ketones is 1. The van der Waals surface area contributed by atoms with Gasteiger partial charge in [-0.2, -0.15) is 0 Å². The lowest BCUT2D eigenvalue weighted by Crippen LogP contribution is -2.40. The van der Waals surface area contributed by atoms with Gasteiger partial charge >= 0.3 is 0 Å². The van der Waals surface area contributed by atoms with Crippen molar-refractivity contribution >= 4 is 5.78 Å². The van der Waals surface area contributed by atoms with Crippen LogP contribution in [0.25, 0.3) is 0 Å². The number of carbonyl (C=O) groups is 1. The van der Waals surface area contributed by atoms with Gasteiger partial charge in [0.2, 0.25) is 0 Å². The molecule has 5 unspecified atom stereocenters. The largest absolute Gasteiger partial charge is 0.369 e. The van der Waals surface area contributed by atoms with E-state index in [1.54, 1.807) is 0 Å². The fraction of sp³-hybridized carbons (Fsp3) is 0.800. The van der Waals surface area contributed by atoms with E-state index in [1.807, 2.05) is 6.92 Å². The van der Waals surface area contributed by atoms with Gasteiger partial charge in [-0.15, -0.1) is 0 Å². The maximum atomic E-state index is 11.9. The molecular weight excluding hydrogens is 228 g/mol. The second-order valence-electron chi connectivity index (χ2n) is 6.39. The molecule has 5 atom stereocenters. The average Bonchev–Trinajstić information content (AvgIpc) is 3.18. The lowest BCUT2D eigenvalue weighted by Gasteiger charge is -2.30. The molecule has 0 aromatic carbocycles. The number of hydrogen-bond acceptors (Lipinski definition) is 3. The van der Waals surface area contributed by atoms with Crippen molar-refractivity contribution in [3.63, 3.8) is 0 Å². The summed E-state index contributed by atoms with van der Waals surface area (Å²) in [5.74, 6) is 0.855. The summed E-state index contributed by atoms with van der Waals surface area (Å²) in [5.41, 5.74) is 1.31. The van der Waals surface area contributed by atoms with Crippen molar-refractivity contribution in [1.29, 1.82) is 0 Å².